The van der Waals surface area contributed by atoms with E-state index in [0.29, 0.717) is 24.2 Å². The molecule has 1 aliphatic rings. The fourth-order valence-corrected chi connectivity index (χ4v) is 2.89. The Morgan fingerprint density at radius 2 is 2.23 bits per heavy atom. The van der Waals surface area contributed by atoms with Crippen LogP contribution in [0.4, 0.5) is 0 Å². The molecule has 0 saturated carbocycles. The molecule has 2 amide bonds. The molecule has 2 N–H and O–H groups in total. The van der Waals surface area contributed by atoms with Gasteiger partial charge in [-0.1, -0.05) is 0 Å². The minimum absolute atomic E-state index is 0.121. The molecule has 2 aromatic heterocycles. The Morgan fingerprint density at radius 1 is 1.45 bits per heavy atom. The molecular formula is C15H19N5O2. The normalized spacial score (nSPS) is 18.3. The largest absolute Gasteiger partial charge is 0.354 e. The quantitative estimate of drug-likeness (QED) is 0.850. The van der Waals surface area contributed by atoms with E-state index in [1.165, 1.54) is 0 Å². The summed E-state index contributed by atoms with van der Waals surface area (Å²) in [5.74, 6) is -0.377. The monoisotopic (exact) mass is 301 g/mol. The molecule has 3 rings (SSSR count). The zero-order valence-electron chi connectivity index (χ0n) is 12.9. The third-order valence-corrected chi connectivity index (χ3v) is 3.93. The van der Waals surface area contributed by atoms with Crippen molar-refractivity contribution in [3.63, 3.8) is 0 Å². The second kappa shape index (κ2) is 5.40. The summed E-state index contributed by atoms with van der Waals surface area (Å²) < 4.78 is 1.67. The summed E-state index contributed by atoms with van der Waals surface area (Å²) in [6.07, 6.45) is 1.53. The number of carbonyl (C=O) groups excluding carboxylic acids is 2. The van der Waals surface area contributed by atoms with Crippen LogP contribution in [0, 0.1) is 13.8 Å². The van der Waals surface area contributed by atoms with Crippen LogP contribution in [0.15, 0.2) is 6.07 Å². The van der Waals surface area contributed by atoms with Gasteiger partial charge in [0, 0.05) is 19.3 Å². The minimum Gasteiger partial charge on any atom is -0.354 e. The number of amides is 2. The van der Waals surface area contributed by atoms with E-state index in [-0.39, 0.29) is 11.8 Å². The first-order chi connectivity index (χ1) is 10.5. The van der Waals surface area contributed by atoms with Crippen LogP contribution in [0.2, 0.25) is 0 Å². The molecule has 1 saturated heterocycles. The number of aromatic nitrogens is 3. The number of hydrogen-bond donors (Lipinski definition) is 2. The van der Waals surface area contributed by atoms with E-state index < -0.39 is 6.04 Å². The molecular weight excluding hydrogens is 282 g/mol. The van der Waals surface area contributed by atoms with Crippen molar-refractivity contribution in [3.05, 3.63) is 23.0 Å². The third kappa shape index (κ3) is 2.43. The van der Waals surface area contributed by atoms with Crippen LogP contribution in [0.1, 0.15) is 34.6 Å². The van der Waals surface area contributed by atoms with Crippen molar-refractivity contribution in [2.75, 3.05) is 6.54 Å². The van der Waals surface area contributed by atoms with Gasteiger partial charge in [0.2, 0.25) is 5.91 Å². The van der Waals surface area contributed by atoms with Crippen molar-refractivity contribution < 1.29 is 9.59 Å². The number of nitrogens with zero attached hydrogens (tertiary/aromatic N) is 3. The van der Waals surface area contributed by atoms with E-state index in [4.69, 9.17) is 0 Å². The molecule has 7 nitrogen and oxygen atoms in total. The molecule has 0 spiro atoms. The first-order valence-electron chi connectivity index (χ1n) is 7.37. The van der Waals surface area contributed by atoms with Gasteiger partial charge in [0.1, 0.15) is 6.04 Å². The summed E-state index contributed by atoms with van der Waals surface area (Å²) in [4.78, 5) is 28.9. The molecule has 1 atom stereocenters. The molecule has 3 heterocycles. The second-order valence-electron chi connectivity index (χ2n) is 5.68. The highest BCUT2D eigenvalue weighted by Gasteiger charge is 2.26. The minimum atomic E-state index is -0.471. The van der Waals surface area contributed by atoms with Crippen molar-refractivity contribution in [2.45, 2.75) is 32.7 Å². The van der Waals surface area contributed by atoms with Crippen molar-refractivity contribution >= 4 is 22.8 Å². The number of carbonyl (C=O) groups is 2. The number of nitrogens with one attached hydrogen (secondary N) is 2. The van der Waals surface area contributed by atoms with E-state index in [1.807, 2.05) is 13.8 Å². The topological polar surface area (TPSA) is 88.9 Å². The van der Waals surface area contributed by atoms with Crippen LogP contribution in [0.25, 0.3) is 11.0 Å². The second-order valence-corrected chi connectivity index (χ2v) is 5.68. The van der Waals surface area contributed by atoms with Crippen LogP contribution in [-0.2, 0) is 11.8 Å². The number of aryl methyl sites for hydroxylation is 3. The Hall–Kier alpha value is -2.44. The van der Waals surface area contributed by atoms with Gasteiger partial charge in [0.15, 0.2) is 5.65 Å². The number of piperidine rings is 1. The van der Waals surface area contributed by atoms with Gasteiger partial charge in [0.05, 0.1) is 16.6 Å². The number of hydrogen-bond acceptors (Lipinski definition) is 4. The summed E-state index contributed by atoms with van der Waals surface area (Å²) in [6.45, 7) is 4.36. The van der Waals surface area contributed by atoms with Crippen LogP contribution in [-0.4, -0.2) is 39.2 Å². The fourth-order valence-electron chi connectivity index (χ4n) is 2.89. The van der Waals surface area contributed by atoms with Gasteiger partial charge in [-0.15, -0.1) is 0 Å². The average Bonchev–Trinajstić information content (AvgIpc) is 2.75. The first kappa shape index (κ1) is 14.5. The summed E-state index contributed by atoms with van der Waals surface area (Å²) in [5, 5.41) is 10.7. The standard InChI is InChI=1S/C15H19N5O2/c1-8-7-10(12-9(2)19-20(3)13(12)17-8)14(21)18-11-5-4-6-16-15(11)22/h7,11H,4-6H2,1-3H3,(H,16,22)(H,18,21). The molecule has 7 heteroatoms. The van der Waals surface area contributed by atoms with E-state index in [1.54, 1.807) is 17.8 Å². The lowest BCUT2D eigenvalue weighted by atomic mass is 10.0. The average molecular weight is 301 g/mol. The Kier molecular flexibility index (Phi) is 3.56. The lowest BCUT2D eigenvalue weighted by Crippen LogP contribution is -2.50. The Bertz CT molecular complexity index is 765. The fraction of sp³-hybridized carbons (Fsp3) is 0.467. The van der Waals surface area contributed by atoms with Gasteiger partial charge in [-0.3, -0.25) is 14.3 Å². The van der Waals surface area contributed by atoms with Crippen molar-refractivity contribution in [3.8, 4) is 0 Å². The predicted octanol–water partition coefficient (Wildman–Crippen LogP) is 0.594. The van der Waals surface area contributed by atoms with Crippen molar-refractivity contribution in [1.82, 2.24) is 25.4 Å². The molecule has 0 aliphatic carbocycles. The number of rotatable bonds is 2. The Balaban J connectivity index is 1.98. The first-order valence-corrected chi connectivity index (χ1v) is 7.37. The molecule has 1 fully saturated rings. The number of pyridine rings is 1. The molecule has 116 valence electrons. The molecule has 2 aromatic rings. The third-order valence-electron chi connectivity index (χ3n) is 3.93. The predicted molar refractivity (Wildman–Crippen MR) is 81.5 cm³/mol. The van der Waals surface area contributed by atoms with Gasteiger partial charge >= 0.3 is 0 Å². The van der Waals surface area contributed by atoms with Gasteiger partial charge < -0.3 is 10.6 Å². The summed E-state index contributed by atoms with van der Waals surface area (Å²) in [7, 11) is 1.80. The Labute approximate surface area is 128 Å². The van der Waals surface area contributed by atoms with Gasteiger partial charge in [0.25, 0.3) is 5.91 Å². The SMILES string of the molecule is Cc1cc(C(=O)NC2CCCNC2=O)c2c(C)nn(C)c2n1. The van der Waals surface area contributed by atoms with Gasteiger partial charge in [-0.2, -0.15) is 5.10 Å². The van der Waals surface area contributed by atoms with E-state index in [9.17, 15) is 9.59 Å². The van der Waals surface area contributed by atoms with Crippen LogP contribution < -0.4 is 10.6 Å². The lowest BCUT2D eigenvalue weighted by Gasteiger charge is -2.23. The molecule has 0 radical (unpaired) electrons. The summed E-state index contributed by atoms with van der Waals surface area (Å²) >= 11 is 0. The maximum atomic E-state index is 12.6. The zero-order chi connectivity index (χ0) is 15.9. The lowest BCUT2D eigenvalue weighted by molar-refractivity contribution is -0.124. The molecule has 0 bridgehead atoms. The Morgan fingerprint density at radius 3 is 2.95 bits per heavy atom. The molecule has 0 aromatic carbocycles. The molecule has 22 heavy (non-hydrogen) atoms. The molecule has 1 aliphatic heterocycles. The maximum absolute atomic E-state index is 12.6. The summed E-state index contributed by atoms with van der Waals surface area (Å²) in [6, 6.07) is 1.27. The van der Waals surface area contributed by atoms with Crippen LogP contribution in [0.5, 0.6) is 0 Å². The van der Waals surface area contributed by atoms with E-state index >= 15 is 0 Å². The van der Waals surface area contributed by atoms with Gasteiger partial charge in [-0.05, 0) is 32.8 Å². The van der Waals surface area contributed by atoms with Crippen molar-refractivity contribution in [1.29, 1.82) is 0 Å². The van der Waals surface area contributed by atoms with Crippen LogP contribution >= 0.6 is 0 Å². The van der Waals surface area contributed by atoms with Crippen molar-refractivity contribution in [2.24, 2.45) is 7.05 Å². The smallest absolute Gasteiger partial charge is 0.252 e. The highest BCUT2D eigenvalue weighted by atomic mass is 16.2. The zero-order valence-corrected chi connectivity index (χ0v) is 12.9. The maximum Gasteiger partial charge on any atom is 0.252 e. The van der Waals surface area contributed by atoms with Gasteiger partial charge in [-0.25, -0.2) is 4.98 Å². The van der Waals surface area contributed by atoms with E-state index in [0.717, 1.165) is 23.2 Å². The highest BCUT2D eigenvalue weighted by molar-refractivity contribution is 6.07. The summed E-state index contributed by atoms with van der Waals surface area (Å²) in [5.41, 5.74) is 2.69. The van der Waals surface area contributed by atoms with E-state index in [2.05, 4.69) is 20.7 Å². The van der Waals surface area contributed by atoms with Crippen LogP contribution in [0.3, 0.4) is 0 Å². The number of fused-ring (bicyclic) bond motifs is 1. The molecule has 1 unspecified atom stereocenters. The highest BCUT2D eigenvalue weighted by Crippen LogP contribution is 2.21.